The van der Waals surface area contributed by atoms with Crippen LogP contribution in [0, 0.1) is 24.6 Å². The highest BCUT2D eigenvalue weighted by atomic mass is 19.4. The molecule has 0 radical (unpaired) electrons. The number of ketones is 1. The number of Topliss-reactive ketones (excluding diaryl/α,β-unsaturated/α-hetero) is 1. The number of hydrogen-bond donors (Lipinski definition) is 2. The molecular weight excluding hydrogens is 590 g/mol. The molecule has 1 amide bonds. The number of carbonyl (C=O) groups excluding carboxylic acids is 2. The minimum atomic E-state index is -4.60. The number of rotatable bonds is 10. The lowest BCUT2D eigenvalue weighted by molar-refractivity contribution is -0.185. The first-order chi connectivity index (χ1) is 21.0. The molecule has 2 aliphatic rings. The molecule has 11 heteroatoms. The standard InChI is InChI=1S/C34H45F4N3O4/c1-21-24(12-7-13-27(21)35)30-25(31(43)22-10-6-11-23(42)18-22)19-40(16-8-14-28(39(4)5)33(2,3)45)20-26(30)32(44)41-17-9-15-29(41)34(36,37)38/h6-7,10-13,18,25-26,28-30,42,45H,8-9,14-17,19-20H2,1-5H3/t25-,26+,28-,29-,30+/m0/s1. The predicted molar refractivity (Wildman–Crippen MR) is 164 cm³/mol. The van der Waals surface area contributed by atoms with Crippen LogP contribution in [0.1, 0.15) is 66.9 Å². The van der Waals surface area contributed by atoms with E-state index in [0.29, 0.717) is 24.9 Å². The fourth-order valence-electron chi connectivity index (χ4n) is 7.43. The molecule has 0 aliphatic carbocycles. The number of likely N-dealkylation sites (tertiary alicyclic amines) is 2. The number of phenolic OH excluding ortho intramolecular Hbond substituents is 1. The number of phenols is 1. The Morgan fingerprint density at radius 2 is 1.73 bits per heavy atom. The van der Waals surface area contributed by atoms with Gasteiger partial charge in [0.25, 0.3) is 0 Å². The van der Waals surface area contributed by atoms with Crippen molar-refractivity contribution in [1.82, 2.24) is 14.7 Å². The van der Waals surface area contributed by atoms with Crippen molar-refractivity contribution in [1.29, 1.82) is 0 Å². The molecule has 2 N–H and O–H groups in total. The van der Waals surface area contributed by atoms with Crippen molar-refractivity contribution in [2.75, 3.05) is 40.3 Å². The zero-order valence-corrected chi connectivity index (χ0v) is 26.6. The summed E-state index contributed by atoms with van der Waals surface area (Å²) in [7, 11) is 3.75. The number of benzene rings is 2. The summed E-state index contributed by atoms with van der Waals surface area (Å²) >= 11 is 0. The number of alkyl halides is 3. The summed E-state index contributed by atoms with van der Waals surface area (Å²) in [6.07, 6.45) is -3.38. The van der Waals surface area contributed by atoms with Gasteiger partial charge in [0.15, 0.2) is 5.78 Å². The summed E-state index contributed by atoms with van der Waals surface area (Å²) in [5, 5.41) is 20.8. The van der Waals surface area contributed by atoms with Gasteiger partial charge in [0.2, 0.25) is 5.91 Å². The molecule has 2 aromatic rings. The fourth-order valence-corrected chi connectivity index (χ4v) is 7.43. The molecule has 2 fully saturated rings. The van der Waals surface area contributed by atoms with Crippen molar-refractivity contribution in [2.45, 2.75) is 76.2 Å². The van der Waals surface area contributed by atoms with Crippen LogP contribution in [0.2, 0.25) is 0 Å². The van der Waals surface area contributed by atoms with Crippen LogP contribution in [0.15, 0.2) is 42.5 Å². The Labute approximate surface area is 262 Å². The minimum absolute atomic E-state index is 0.0460. The Kier molecular flexibility index (Phi) is 10.7. The molecule has 0 aromatic heterocycles. The Bertz CT molecular complexity index is 1360. The van der Waals surface area contributed by atoms with Crippen molar-refractivity contribution < 1.29 is 37.4 Å². The average Bonchev–Trinajstić information content (AvgIpc) is 3.46. The van der Waals surface area contributed by atoms with E-state index in [1.54, 1.807) is 32.9 Å². The highest BCUT2D eigenvalue weighted by Gasteiger charge is 2.52. The second-order valence-electron chi connectivity index (χ2n) is 13.4. The van der Waals surface area contributed by atoms with Gasteiger partial charge in [0.05, 0.1) is 11.5 Å². The van der Waals surface area contributed by atoms with E-state index in [4.69, 9.17) is 0 Å². The van der Waals surface area contributed by atoms with Gasteiger partial charge in [0, 0.05) is 43.1 Å². The van der Waals surface area contributed by atoms with Crippen LogP contribution in [-0.2, 0) is 4.79 Å². The number of aromatic hydroxyl groups is 1. The molecule has 2 aromatic carbocycles. The molecule has 2 heterocycles. The molecule has 0 saturated carbocycles. The van der Waals surface area contributed by atoms with Gasteiger partial charge in [-0.1, -0.05) is 24.3 Å². The van der Waals surface area contributed by atoms with E-state index < -0.39 is 47.3 Å². The number of piperidine rings is 1. The van der Waals surface area contributed by atoms with Crippen molar-refractivity contribution >= 4 is 11.7 Å². The summed E-state index contributed by atoms with van der Waals surface area (Å²) in [6, 6.07) is 8.18. The maximum Gasteiger partial charge on any atom is 0.408 e. The van der Waals surface area contributed by atoms with Crippen LogP contribution in [0.5, 0.6) is 5.75 Å². The van der Waals surface area contributed by atoms with E-state index in [1.165, 1.54) is 30.3 Å². The molecule has 248 valence electrons. The second-order valence-corrected chi connectivity index (χ2v) is 13.4. The Balaban J connectivity index is 1.77. The smallest absolute Gasteiger partial charge is 0.408 e. The quantitative estimate of drug-likeness (QED) is 0.269. The van der Waals surface area contributed by atoms with Gasteiger partial charge in [-0.05, 0) is 96.4 Å². The monoisotopic (exact) mass is 635 g/mol. The number of hydrogen-bond acceptors (Lipinski definition) is 6. The van der Waals surface area contributed by atoms with Gasteiger partial charge in [0.1, 0.15) is 17.6 Å². The number of likely N-dealkylation sites (N-methyl/N-ethyl adjacent to an activating group) is 1. The number of halogens is 4. The van der Waals surface area contributed by atoms with Gasteiger partial charge in [-0.25, -0.2) is 4.39 Å². The number of carbonyl (C=O) groups is 2. The summed E-state index contributed by atoms with van der Waals surface area (Å²) in [5.41, 5.74) is -0.115. The van der Waals surface area contributed by atoms with E-state index >= 15 is 0 Å². The van der Waals surface area contributed by atoms with Crippen molar-refractivity contribution in [3.05, 3.63) is 65.0 Å². The third-order valence-corrected chi connectivity index (χ3v) is 9.53. The molecule has 0 spiro atoms. The first-order valence-electron chi connectivity index (χ1n) is 15.6. The topological polar surface area (TPSA) is 84.3 Å². The fraction of sp³-hybridized carbons (Fsp3) is 0.588. The molecule has 5 atom stereocenters. The lowest BCUT2D eigenvalue weighted by Crippen LogP contribution is -2.56. The number of aliphatic hydroxyl groups is 1. The largest absolute Gasteiger partial charge is 0.508 e. The number of amides is 1. The molecule has 0 unspecified atom stereocenters. The zero-order valence-electron chi connectivity index (χ0n) is 26.6. The predicted octanol–water partition coefficient (Wildman–Crippen LogP) is 5.39. The van der Waals surface area contributed by atoms with Crippen LogP contribution >= 0.6 is 0 Å². The minimum Gasteiger partial charge on any atom is -0.508 e. The van der Waals surface area contributed by atoms with Crippen molar-refractivity contribution in [2.24, 2.45) is 11.8 Å². The molecule has 2 saturated heterocycles. The highest BCUT2D eigenvalue weighted by molar-refractivity contribution is 5.99. The third kappa shape index (κ3) is 7.86. The summed E-state index contributed by atoms with van der Waals surface area (Å²) in [6.45, 7) is 5.70. The van der Waals surface area contributed by atoms with Crippen LogP contribution in [0.3, 0.4) is 0 Å². The molecule has 45 heavy (non-hydrogen) atoms. The molecule has 7 nitrogen and oxygen atoms in total. The van der Waals surface area contributed by atoms with E-state index in [0.717, 1.165) is 4.90 Å². The SMILES string of the molecule is Cc1c(F)cccc1[C@@H]1[C@@H](C(=O)c2cccc(O)c2)CN(CCC[C@H](N(C)C)C(C)(C)O)C[C@H]1C(=O)N1CCC[C@H]1C(F)(F)F. The summed E-state index contributed by atoms with van der Waals surface area (Å²) in [5.74, 6) is -4.55. The van der Waals surface area contributed by atoms with Gasteiger partial charge in [-0.15, -0.1) is 0 Å². The first kappa shape index (κ1) is 34.8. The molecule has 0 bridgehead atoms. The van der Waals surface area contributed by atoms with Gasteiger partial charge >= 0.3 is 6.18 Å². The van der Waals surface area contributed by atoms with Gasteiger partial charge in [-0.3, -0.25) is 9.59 Å². The van der Waals surface area contributed by atoms with E-state index in [-0.39, 0.29) is 61.2 Å². The lowest BCUT2D eigenvalue weighted by Gasteiger charge is -2.45. The van der Waals surface area contributed by atoms with Crippen molar-refractivity contribution in [3.63, 3.8) is 0 Å². The van der Waals surface area contributed by atoms with E-state index in [2.05, 4.69) is 0 Å². The molecular formula is C34H45F4N3O4. The Morgan fingerprint density at radius 3 is 2.36 bits per heavy atom. The van der Waals surface area contributed by atoms with E-state index in [9.17, 15) is 37.4 Å². The van der Waals surface area contributed by atoms with Crippen LogP contribution in [-0.4, -0.2) is 101 Å². The average molecular weight is 636 g/mol. The molecule has 4 rings (SSSR count). The maximum absolute atomic E-state index is 15.0. The second kappa shape index (κ2) is 13.8. The first-order valence-corrected chi connectivity index (χ1v) is 15.6. The van der Waals surface area contributed by atoms with E-state index in [1.807, 2.05) is 23.9 Å². The Morgan fingerprint density at radius 1 is 1.07 bits per heavy atom. The number of nitrogens with zero attached hydrogens (tertiary/aromatic N) is 3. The van der Waals surface area contributed by atoms with Crippen LogP contribution < -0.4 is 0 Å². The van der Waals surface area contributed by atoms with Gasteiger partial charge in [-0.2, -0.15) is 13.2 Å². The Hall–Kier alpha value is -3.02. The molecule has 2 aliphatic heterocycles. The van der Waals surface area contributed by atoms with Crippen molar-refractivity contribution in [3.8, 4) is 5.75 Å². The highest BCUT2D eigenvalue weighted by Crippen LogP contribution is 2.44. The van der Waals surface area contributed by atoms with Crippen LogP contribution in [0.25, 0.3) is 0 Å². The lowest BCUT2D eigenvalue weighted by atomic mass is 9.69. The normalized spacial score (nSPS) is 23.8. The zero-order chi connectivity index (χ0) is 33.3. The summed E-state index contributed by atoms with van der Waals surface area (Å²) < 4.78 is 57.2. The summed E-state index contributed by atoms with van der Waals surface area (Å²) in [4.78, 5) is 33.3. The van der Waals surface area contributed by atoms with Gasteiger partial charge < -0.3 is 24.9 Å². The van der Waals surface area contributed by atoms with Crippen LogP contribution in [0.4, 0.5) is 17.6 Å². The third-order valence-electron chi connectivity index (χ3n) is 9.53. The maximum atomic E-state index is 15.0.